The number of oxazole rings is 1. The van der Waals surface area contributed by atoms with Crippen molar-refractivity contribution in [2.45, 2.75) is 50.9 Å². The van der Waals surface area contributed by atoms with Crippen molar-refractivity contribution in [1.82, 2.24) is 15.1 Å². The van der Waals surface area contributed by atoms with Gasteiger partial charge in [0.1, 0.15) is 0 Å². The van der Waals surface area contributed by atoms with E-state index in [9.17, 15) is 0 Å². The van der Waals surface area contributed by atoms with Gasteiger partial charge in [-0.2, -0.15) is 9.97 Å². The Hall–Kier alpha value is -3.09. The second kappa shape index (κ2) is 9.61. The van der Waals surface area contributed by atoms with Crippen molar-refractivity contribution >= 4 is 5.69 Å². The molecule has 0 saturated heterocycles. The third kappa shape index (κ3) is 5.09. The average molecular weight is 409 g/mol. The fourth-order valence-corrected chi connectivity index (χ4v) is 3.33. The SMILES string of the molecule is C=CC(CCCCNc1cccc(-c2cnc(OCC)o2)c1)c1nc(C2CC2)no1. The first-order valence-electron chi connectivity index (χ1n) is 10.7. The lowest BCUT2D eigenvalue weighted by Gasteiger charge is -2.09. The number of nitrogens with zero attached hydrogens (tertiary/aromatic N) is 3. The van der Waals surface area contributed by atoms with Gasteiger partial charge >= 0.3 is 6.08 Å². The van der Waals surface area contributed by atoms with E-state index in [0.29, 0.717) is 30.3 Å². The molecule has 1 saturated carbocycles. The summed E-state index contributed by atoms with van der Waals surface area (Å²) in [5.74, 6) is 2.89. The van der Waals surface area contributed by atoms with Crippen LogP contribution in [0.3, 0.4) is 0 Å². The summed E-state index contributed by atoms with van der Waals surface area (Å²) < 4.78 is 16.4. The summed E-state index contributed by atoms with van der Waals surface area (Å²) >= 11 is 0. The first kappa shape index (κ1) is 20.2. The number of nitrogens with one attached hydrogen (secondary N) is 1. The zero-order chi connectivity index (χ0) is 20.8. The number of ether oxygens (including phenoxy) is 1. The minimum atomic E-state index is 0.124. The van der Waals surface area contributed by atoms with Gasteiger partial charge in [-0.15, -0.1) is 6.58 Å². The van der Waals surface area contributed by atoms with E-state index in [0.717, 1.165) is 42.9 Å². The fraction of sp³-hybridized carbons (Fsp3) is 0.435. The highest BCUT2D eigenvalue weighted by Crippen LogP contribution is 2.38. The molecule has 3 aromatic rings. The maximum atomic E-state index is 5.62. The number of hydrogen-bond acceptors (Lipinski definition) is 7. The molecule has 1 atom stereocenters. The molecule has 1 N–H and O–H groups in total. The molecule has 0 spiro atoms. The molecule has 2 aromatic heterocycles. The highest BCUT2D eigenvalue weighted by Gasteiger charge is 2.29. The summed E-state index contributed by atoms with van der Waals surface area (Å²) in [6.45, 7) is 7.25. The maximum Gasteiger partial charge on any atom is 0.394 e. The third-order valence-corrected chi connectivity index (χ3v) is 5.17. The average Bonchev–Trinajstić information content (AvgIpc) is 3.31. The molecular weight excluding hydrogens is 380 g/mol. The van der Waals surface area contributed by atoms with Crippen LogP contribution in [0.1, 0.15) is 62.6 Å². The molecule has 0 radical (unpaired) electrons. The normalized spacial score (nSPS) is 14.4. The topological polar surface area (TPSA) is 86.2 Å². The zero-order valence-corrected chi connectivity index (χ0v) is 17.3. The van der Waals surface area contributed by atoms with Gasteiger partial charge in [0, 0.05) is 23.7 Å². The molecule has 1 aliphatic rings. The standard InChI is InChI=1S/C23H28N4O3/c1-3-16(22-26-21(27-30-22)17-11-12-17)8-5-6-13-24-19-10-7-9-18(14-19)20-15-25-23(29-20)28-4-2/h3,7,9-10,14-17,24H,1,4-6,8,11-13H2,2H3. The van der Waals surface area contributed by atoms with Gasteiger partial charge in [-0.3, -0.25) is 0 Å². The smallest absolute Gasteiger partial charge is 0.394 e. The number of unbranched alkanes of at least 4 members (excludes halogenated alkanes) is 1. The van der Waals surface area contributed by atoms with Crippen molar-refractivity contribution in [3.63, 3.8) is 0 Å². The van der Waals surface area contributed by atoms with Crippen LogP contribution >= 0.6 is 0 Å². The Bertz CT molecular complexity index is 961. The largest absolute Gasteiger partial charge is 0.450 e. The highest BCUT2D eigenvalue weighted by molar-refractivity contribution is 5.63. The van der Waals surface area contributed by atoms with E-state index in [1.165, 1.54) is 12.8 Å². The van der Waals surface area contributed by atoms with Gasteiger partial charge in [-0.05, 0) is 44.7 Å². The van der Waals surface area contributed by atoms with E-state index >= 15 is 0 Å². The van der Waals surface area contributed by atoms with Crippen molar-refractivity contribution in [2.24, 2.45) is 0 Å². The van der Waals surface area contributed by atoms with E-state index in [2.05, 4.69) is 33.1 Å². The molecule has 1 fully saturated rings. The van der Waals surface area contributed by atoms with Gasteiger partial charge in [0.15, 0.2) is 11.6 Å². The Morgan fingerprint density at radius 1 is 1.33 bits per heavy atom. The molecule has 0 aliphatic heterocycles. The molecular formula is C23H28N4O3. The highest BCUT2D eigenvalue weighted by atomic mass is 16.6. The maximum absolute atomic E-state index is 5.62. The van der Waals surface area contributed by atoms with Gasteiger partial charge in [-0.1, -0.05) is 29.8 Å². The van der Waals surface area contributed by atoms with Gasteiger partial charge < -0.3 is 19.0 Å². The Morgan fingerprint density at radius 2 is 2.23 bits per heavy atom. The molecule has 0 bridgehead atoms. The second-order valence-electron chi connectivity index (χ2n) is 7.53. The summed E-state index contributed by atoms with van der Waals surface area (Å²) in [7, 11) is 0. The van der Waals surface area contributed by atoms with Crippen LogP contribution in [0, 0.1) is 0 Å². The first-order chi connectivity index (χ1) is 14.8. The summed E-state index contributed by atoms with van der Waals surface area (Å²) in [6, 6.07) is 8.10. The van der Waals surface area contributed by atoms with E-state index in [-0.39, 0.29) is 5.92 Å². The lowest BCUT2D eigenvalue weighted by molar-refractivity contribution is 0.247. The number of benzene rings is 1. The van der Waals surface area contributed by atoms with E-state index < -0.39 is 0 Å². The molecule has 1 aromatic carbocycles. The van der Waals surface area contributed by atoms with Crippen molar-refractivity contribution in [2.75, 3.05) is 18.5 Å². The van der Waals surface area contributed by atoms with Crippen LogP contribution in [0.25, 0.3) is 11.3 Å². The van der Waals surface area contributed by atoms with Gasteiger partial charge in [-0.25, -0.2) is 0 Å². The molecule has 7 heteroatoms. The zero-order valence-electron chi connectivity index (χ0n) is 17.3. The van der Waals surface area contributed by atoms with Crippen molar-refractivity contribution < 1.29 is 13.7 Å². The molecule has 30 heavy (non-hydrogen) atoms. The van der Waals surface area contributed by atoms with Gasteiger partial charge in [0.25, 0.3) is 0 Å². The second-order valence-corrected chi connectivity index (χ2v) is 7.53. The number of aromatic nitrogens is 3. The van der Waals surface area contributed by atoms with Crippen LogP contribution in [-0.4, -0.2) is 28.3 Å². The minimum absolute atomic E-state index is 0.124. The predicted octanol–water partition coefficient (Wildman–Crippen LogP) is 5.55. The lowest BCUT2D eigenvalue weighted by Crippen LogP contribution is -2.03. The first-order valence-corrected chi connectivity index (χ1v) is 10.7. The van der Waals surface area contributed by atoms with E-state index in [1.807, 2.05) is 31.2 Å². The Labute approximate surface area is 176 Å². The van der Waals surface area contributed by atoms with Crippen LogP contribution in [0.5, 0.6) is 6.08 Å². The number of anilines is 1. The summed E-state index contributed by atoms with van der Waals surface area (Å²) in [5.41, 5.74) is 2.01. The number of allylic oxidation sites excluding steroid dienone is 1. The van der Waals surface area contributed by atoms with Crippen LogP contribution in [0.4, 0.5) is 5.69 Å². The van der Waals surface area contributed by atoms with Gasteiger partial charge in [0.2, 0.25) is 5.89 Å². The molecule has 1 unspecified atom stereocenters. The van der Waals surface area contributed by atoms with E-state index in [4.69, 9.17) is 13.7 Å². The molecule has 7 nitrogen and oxygen atoms in total. The lowest BCUT2D eigenvalue weighted by atomic mass is 10.0. The molecule has 1 aliphatic carbocycles. The molecule has 158 valence electrons. The minimum Gasteiger partial charge on any atom is -0.450 e. The van der Waals surface area contributed by atoms with Crippen LogP contribution in [-0.2, 0) is 0 Å². The van der Waals surface area contributed by atoms with Crippen LogP contribution in [0.2, 0.25) is 0 Å². The summed E-state index contributed by atoms with van der Waals surface area (Å²) in [5, 5.41) is 7.58. The number of rotatable bonds is 12. The predicted molar refractivity (Wildman–Crippen MR) is 115 cm³/mol. The van der Waals surface area contributed by atoms with Crippen molar-refractivity contribution in [3.05, 3.63) is 54.8 Å². The fourth-order valence-electron chi connectivity index (χ4n) is 3.33. The Kier molecular flexibility index (Phi) is 6.47. The van der Waals surface area contributed by atoms with Crippen molar-refractivity contribution in [3.8, 4) is 17.4 Å². The van der Waals surface area contributed by atoms with Crippen LogP contribution in [0.15, 0.2) is 52.1 Å². The van der Waals surface area contributed by atoms with E-state index in [1.54, 1.807) is 6.20 Å². The Morgan fingerprint density at radius 3 is 3.03 bits per heavy atom. The molecule has 4 rings (SSSR count). The molecule has 2 heterocycles. The monoisotopic (exact) mass is 408 g/mol. The Balaban J connectivity index is 1.23. The van der Waals surface area contributed by atoms with Gasteiger partial charge in [0.05, 0.1) is 18.7 Å². The quantitative estimate of drug-likeness (QED) is 0.310. The summed E-state index contributed by atoms with van der Waals surface area (Å²) in [4.78, 5) is 8.68. The third-order valence-electron chi connectivity index (χ3n) is 5.17. The summed E-state index contributed by atoms with van der Waals surface area (Å²) in [6.07, 6.45) is 9.28. The number of hydrogen-bond donors (Lipinski definition) is 1. The molecule has 0 amide bonds. The van der Waals surface area contributed by atoms with Crippen LogP contribution < -0.4 is 10.1 Å². The van der Waals surface area contributed by atoms with Crippen molar-refractivity contribution in [1.29, 1.82) is 0 Å².